The van der Waals surface area contributed by atoms with Crippen LogP contribution in [0.25, 0.3) is 0 Å². The van der Waals surface area contributed by atoms with Crippen molar-refractivity contribution in [3.05, 3.63) is 24.2 Å². The normalized spacial score (nSPS) is 23.1. The average Bonchev–Trinajstić information content (AvgIpc) is 2.81. The summed E-state index contributed by atoms with van der Waals surface area (Å²) in [7, 11) is 0. The van der Waals surface area contributed by atoms with E-state index in [4.69, 9.17) is 14.9 Å². The quantitative estimate of drug-likeness (QED) is 0.792. The molecule has 0 spiro atoms. The summed E-state index contributed by atoms with van der Waals surface area (Å²) in [6.07, 6.45) is 2.87. The van der Waals surface area contributed by atoms with Gasteiger partial charge in [0.15, 0.2) is 0 Å². The first-order valence-corrected chi connectivity index (χ1v) is 5.37. The molecule has 2 atom stereocenters. The number of carbonyl (C=O) groups is 1. The maximum Gasteiger partial charge on any atom is 0.257 e. The molecule has 0 unspecified atom stereocenters. The Bertz CT molecular complexity index is 348. The predicted molar refractivity (Wildman–Crippen MR) is 58.0 cm³/mol. The van der Waals surface area contributed by atoms with E-state index in [2.05, 4.69) is 0 Å². The number of amides is 1. The van der Waals surface area contributed by atoms with E-state index >= 15 is 0 Å². The van der Waals surface area contributed by atoms with Crippen LogP contribution in [0.1, 0.15) is 17.3 Å². The molecule has 88 valence electrons. The van der Waals surface area contributed by atoms with Crippen LogP contribution in [-0.4, -0.2) is 42.6 Å². The average molecular weight is 224 g/mol. The fourth-order valence-electron chi connectivity index (χ4n) is 1.75. The van der Waals surface area contributed by atoms with Crippen molar-refractivity contribution in [1.82, 2.24) is 4.90 Å². The number of carbonyl (C=O) groups excluding carboxylic acids is 1. The molecule has 0 bridgehead atoms. The second kappa shape index (κ2) is 4.67. The summed E-state index contributed by atoms with van der Waals surface area (Å²) >= 11 is 0. The van der Waals surface area contributed by atoms with Crippen LogP contribution in [0, 0.1) is 0 Å². The van der Waals surface area contributed by atoms with Gasteiger partial charge < -0.3 is 19.8 Å². The van der Waals surface area contributed by atoms with Gasteiger partial charge in [-0.15, -0.1) is 0 Å². The predicted octanol–water partition coefficient (Wildman–Crippen LogP) is 0.468. The Morgan fingerprint density at radius 2 is 2.50 bits per heavy atom. The Balaban J connectivity index is 2.02. The minimum absolute atomic E-state index is 0.0253. The Labute approximate surface area is 94.1 Å². The Morgan fingerprint density at radius 3 is 3.12 bits per heavy atom. The van der Waals surface area contributed by atoms with Gasteiger partial charge in [0.1, 0.15) is 6.26 Å². The van der Waals surface area contributed by atoms with Gasteiger partial charge in [0.05, 0.1) is 24.5 Å². The molecule has 1 fully saturated rings. The van der Waals surface area contributed by atoms with E-state index in [0.717, 1.165) is 0 Å². The largest absolute Gasteiger partial charge is 0.472 e. The number of hydrogen-bond donors (Lipinski definition) is 1. The highest BCUT2D eigenvalue weighted by molar-refractivity contribution is 5.93. The molecule has 1 aromatic heterocycles. The highest BCUT2D eigenvalue weighted by Gasteiger charge is 2.27. The van der Waals surface area contributed by atoms with Crippen molar-refractivity contribution in [2.45, 2.75) is 19.1 Å². The van der Waals surface area contributed by atoms with E-state index in [-0.39, 0.29) is 18.1 Å². The van der Waals surface area contributed by atoms with E-state index in [9.17, 15) is 4.79 Å². The van der Waals surface area contributed by atoms with E-state index in [1.807, 2.05) is 6.92 Å². The van der Waals surface area contributed by atoms with Crippen LogP contribution in [0.4, 0.5) is 0 Å². The third kappa shape index (κ3) is 2.25. The van der Waals surface area contributed by atoms with Crippen LogP contribution in [0.5, 0.6) is 0 Å². The molecule has 1 amide bonds. The number of furan rings is 1. The van der Waals surface area contributed by atoms with Gasteiger partial charge in [-0.3, -0.25) is 4.79 Å². The van der Waals surface area contributed by atoms with Gasteiger partial charge in [0.2, 0.25) is 0 Å². The van der Waals surface area contributed by atoms with Crippen LogP contribution < -0.4 is 5.73 Å². The van der Waals surface area contributed by atoms with Gasteiger partial charge in [-0.25, -0.2) is 0 Å². The molecule has 2 heterocycles. The first-order chi connectivity index (χ1) is 7.68. The third-order valence-corrected chi connectivity index (χ3v) is 2.74. The second-order valence-electron chi connectivity index (χ2n) is 4.03. The topological polar surface area (TPSA) is 68.7 Å². The third-order valence-electron chi connectivity index (χ3n) is 2.74. The number of ether oxygens (including phenoxy) is 1. The lowest BCUT2D eigenvalue weighted by molar-refractivity contribution is -0.0300. The smallest absolute Gasteiger partial charge is 0.257 e. The van der Waals surface area contributed by atoms with Crippen molar-refractivity contribution in [1.29, 1.82) is 0 Å². The molecule has 0 saturated carbocycles. The molecular formula is C11H16N2O3. The van der Waals surface area contributed by atoms with Gasteiger partial charge in [-0.1, -0.05) is 0 Å². The van der Waals surface area contributed by atoms with E-state index in [1.165, 1.54) is 12.5 Å². The first-order valence-electron chi connectivity index (χ1n) is 5.37. The molecule has 1 saturated heterocycles. The van der Waals surface area contributed by atoms with Gasteiger partial charge >= 0.3 is 0 Å². The summed E-state index contributed by atoms with van der Waals surface area (Å²) in [4.78, 5) is 13.8. The van der Waals surface area contributed by atoms with Gasteiger partial charge in [0.25, 0.3) is 5.91 Å². The van der Waals surface area contributed by atoms with Gasteiger partial charge in [-0.2, -0.15) is 0 Å². The SMILES string of the molecule is C[C@@H](N)[C@@H]1CN(C(=O)c2ccoc2)CCO1. The summed E-state index contributed by atoms with van der Waals surface area (Å²) in [5.41, 5.74) is 6.34. The van der Waals surface area contributed by atoms with Gasteiger partial charge in [-0.05, 0) is 13.0 Å². The van der Waals surface area contributed by atoms with Crippen LogP contribution >= 0.6 is 0 Å². The van der Waals surface area contributed by atoms with Crippen LogP contribution in [0.2, 0.25) is 0 Å². The zero-order chi connectivity index (χ0) is 11.5. The van der Waals surface area contributed by atoms with Crippen LogP contribution in [0.15, 0.2) is 23.0 Å². The molecule has 1 aliphatic rings. The summed E-state index contributed by atoms with van der Waals surface area (Å²) in [5.74, 6) is -0.0253. The van der Waals surface area contributed by atoms with Crippen molar-refractivity contribution >= 4 is 5.91 Å². The highest BCUT2D eigenvalue weighted by Crippen LogP contribution is 2.12. The van der Waals surface area contributed by atoms with Crippen molar-refractivity contribution in [2.75, 3.05) is 19.7 Å². The summed E-state index contributed by atoms with van der Waals surface area (Å²) in [6, 6.07) is 1.60. The van der Waals surface area contributed by atoms with Crippen molar-refractivity contribution in [3.8, 4) is 0 Å². The molecule has 16 heavy (non-hydrogen) atoms. The number of hydrogen-bond acceptors (Lipinski definition) is 4. The minimum atomic E-state index is -0.0791. The Hall–Kier alpha value is -1.33. The van der Waals surface area contributed by atoms with E-state index in [0.29, 0.717) is 25.3 Å². The fraction of sp³-hybridized carbons (Fsp3) is 0.545. The monoisotopic (exact) mass is 224 g/mol. The van der Waals surface area contributed by atoms with Crippen LogP contribution in [-0.2, 0) is 4.74 Å². The number of nitrogens with zero attached hydrogens (tertiary/aromatic N) is 1. The molecule has 5 heteroatoms. The van der Waals surface area contributed by atoms with Crippen molar-refractivity contribution in [3.63, 3.8) is 0 Å². The molecule has 0 aliphatic carbocycles. The lowest BCUT2D eigenvalue weighted by atomic mass is 10.1. The Kier molecular flexibility index (Phi) is 3.26. The lowest BCUT2D eigenvalue weighted by Gasteiger charge is -2.34. The molecular weight excluding hydrogens is 208 g/mol. The molecule has 1 aromatic rings. The standard InChI is InChI=1S/C11H16N2O3/c1-8(12)10-6-13(3-5-16-10)11(14)9-2-4-15-7-9/h2,4,7-8,10H,3,5-6,12H2,1H3/t8-,10+/m1/s1. The summed E-state index contributed by atoms with van der Waals surface area (Å²) in [6.45, 7) is 3.57. The van der Waals surface area contributed by atoms with Crippen molar-refractivity contribution < 1.29 is 13.9 Å². The summed E-state index contributed by atoms with van der Waals surface area (Å²) in [5, 5.41) is 0. The number of rotatable bonds is 2. The van der Waals surface area contributed by atoms with Crippen molar-refractivity contribution in [2.24, 2.45) is 5.73 Å². The summed E-state index contributed by atoms with van der Waals surface area (Å²) < 4.78 is 10.4. The molecule has 2 N–H and O–H groups in total. The number of nitrogens with two attached hydrogens (primary N) is 1. The van der Waals surface area contributed by atoms with E-state index in [1.54, 1.807) is 11.0 Å². The second-order valence-corrected chi connectivity index (χ2v) is 4.03. The highest BCUT2D eigenvalue weighted by atomic mass is 16.5. The molecule has 0 aromatic carbocycles. The maximum absolute atomic E-state index is 12.0. The molecule has 1 aliphatic heterocycles. The molecule has 0 radical (unpaired) electrons. The molecule has 5 nitrogen and oxygen atoms in total. The molecule has 2 rings (SSSR count). The lowest BCUT2D eigenvalue weighted by Crippen LogP contribution is -2.51. The van der Waals surface area contributed by atoms with Gasteiger partial charge in [0, 0.05) is 19.1 Å². The fourth-order valence-corrected chi connectivity index (χ4v) is 1.75. The van der Waals surface area contributed by atoms with E-state index < -0.39 is 0 Å². The Morgan fingerprint density at radius 1 is 1.69 bits per heavy atom. The zero-order valence-corrected chi connectivity index (χ0v) is 9.26. The minimum Gasteiger partial charge on any atom is -0.472 e. The first kappa shape index (κ1) is 11.2. The maximum atomic E-state index is 12.0. The zero-order valence-electron chi connectivity index (χ0n) is 9.26. The number of morpholine rings is 1. The van der Waals surface area contributed by atoms with Crippen LogP contribution in [0.3, 0.4) is 0 Å².